The number of carbonyl (C=O) groups excluding carboxylic acids is 1. The molecule has 3 aliphatic heterocycles. The Balaban J connectivity index is 0.943. The maximum Gasteiger partial charge on any atom is 0.410 e. The molecule has 1 unspecified atom stereocenters. The summed E-state index contributed by atoms with van der Waals surface area (Å²) in [6.45, 7) is 14.2. The van der Waals surface area contributed by atoms with Gasteiger partial charge in [-0.1, -0.05) is 12.1 Å². The van der Waals surface area contributed by atoms with Crippen LogP contribution in [0.2, 0.25) is 0 Å². The summed E-state index contributed by atoms with van der Waals surface area (Å²) in [5.74, 6) is 1.38. The number of hydrogen-bond acceptors (Lipinski definition) is 10. The highest BCUT2D eigenvalue weighted by atomic mass is 16.6. The van der Waals surface area contributed by atoms with E-state index in [0.717, 1.165) is 87.6 Å². The number of likely N-dealkylation sites (tertiary alicyclic amines) is 1. The van der Waals surface area contributed by atoms with E-state index in [-0.39, 0.29) is 23.3 Å². The normalized spacial score (nSPS) is 21.7. The second-order valence-corrected chi connectivity index (χ2v) is 14.7. The lowest BCUT2D eigenvalue weighted by atomic mass is 9.60. The zero-order valence-electron chi connectivity index (χ0n) is 27.9. The Hall–Kier alpha value is -4.45. The molecule has 2 saturated heterocycles. The number of benzene rings is 1. The van der Waals surface area contributed by atoms with Gasteiger partial charge in [-0.05, 0) is 58.7 Å². The summed E-state index contributed by atoms with van der Waals surface area (Å²) in [5, 5.41) is 10.3. The standard InChI is InChI=1S/C35H47N9O3/c1-22-30-26(15-27(36)25-7-5-6-8-29(25)45)31(37)40-28(30)9-10-44(22)32-38-18-24(19-39-32)42-13-11-41(12-14-42)23-16-35(17-23)20-43(21-35)33(46)47-34(2,3)4/h5-8,15,18-19,22-23,40,45H,9-14,16-17,20-21,36-37H2,1-4H3/b27-15-. The fraction of sp³-hybridized carbons (Fsp3) is 0.514. The van der Waals surface area contributed by atoms with Crippen molar-refractivity contribution in [1.29, 1.82) is 0 Å². The first kappa shape index (κ1) is 31.2. The van der Waals surface area contributed by atoms with Gasteiger partial charge in [0.2, 0.25) is 5.95 Å². The van der Waals surface area contributed by atoms with Gasteiger partial charge in [-0.3, -0.25) is 4.90 Å². The third-order valence-electron chi connectivity index (χ3n) is 10.3. The number of nitrogen functional groups attached to an aromatic ring is 1. The number of phenolic OH excluding ortho intramolecular Hbond substituents is 1. The lowest BCUT2D eigenvalue weighted by Gasteiger charge is -2.61. The maximum atomic E-state index is 12.4. The minimum atomic E-state index is -0.451. The van der Waals surface area contributed by atoms with Crippen molar-refractivity contribution >= 4 is 35.3 Å². The van der Waals surface area contributed by atoms with Gasteiger partial charge < -0.3 is 41.0 Å². The monoisotopic (exact) mass is 641 g/mol. The molecule has 250 valence electrons. The van der Waals surface area contributed by atoms with Crippen molar-refractivity contribution in [3.8, 4) is 5.75 Å². The Morgan fingerprint density at radius 1 is 1.09 bits per heavy atom. The predicted octanol–water partition coefficient (Wildman–Crippen LogP) is 4.19. The Kier molecular flexibility index (Phi) is 7.73. The Labute approximate surface area is 276 Å². The number of phenols is 1. The number of nitrogens with two attached hydrogens (primary N) is 2. The van der Waals surface area contributed by atoms with Crippen LogP contribution in [0.3, 0.4) is 0 Å². The number of aromatic amines is 1. The van der Waals surface area contributed by atoms with E-state index in [0.29, 0.717) is 29.1 Å². The summed E-state index contributed by atoms with van der Waals surface area (Å²) in [6, 6.07) is 7.60. The third-order valence-corrected chi connectivity index (χ3v) is 10.3. The van der Waals surface area contributed by atoms with Crippen LogP contribution >= 0.6 is 0 Å². The molecule has 1 atom stereocenters. The number of ether oxygens (including phenoxy) is 1. The number of nitrogens with one attached hydrogen (secondary N) is 1. The molecule has 6 N–H and O–H groups in total. The van der Waals surface area contributed by atoms with Crippen molar-refractivity contribution in [2.24, 2.45) is 11.1 Å². The number of carbonyl (C=O) groups is 1. The van der Waals surface area contributed by atoms with Crippen LogP contribution in [0.5, 0.6) is 5.75 Å². The Morgan fingerprint density at radius 3 is 2.43 bits per heavy atom. The molecule has 1 amide bonds. The molecule has 12 nitrogen and oxygen atoms in total. The van der Waals surface area contributed by atoms with Crippen LogP contribution in [0, 0.1) is 5.41 Å². The summed E-state index contributed by atoms with van der Waals surface area (Å²) in [6.07, 6.45) is 8.65. The molecular weight excluding hydrogens is 594 g/mol. The molecule has 5 heterocycles. The number of rotatable bonds is 5. The van der Waals surface area contributed by atoms with Gasteiger partial charge in [-0.15, -0.1) is 0 Å². The van der Waals surface area contributed by atoms with Crippen molar-refractivity contribution in [2.75, 3.05) is 61.3 Å². The smallest absolute Gasteiger partial charge is 0.410 e. The van der Waals surface area contributed by atoms with Gasteiger partial charge in [-0.25, -0.2) is 14.8 Å². The summed E-state index contributed by atoms with van der Waals surface area (Å²) in [7, 11) is 0. The Bertz CT molecular complexity index is 1660. The second-order valence-electron chi connectivity index (χ2n) is 14.7. The summed E-state index contributed by atoms with van der Waals surface area (Å²) >= 11 is 0. The molecule has 12 heteroatoms. The van der Waals surface area contributed by atoms with Crippen LogP contribution in [-0.2, 0) is 11.2 Å². The van der Waals surface area contributed by atoms with Gasteiger partial charge in [0.25, 0.3) is 0 Å². The molecule has 3 fully saturated rings. The SMILES string of the molecule is CC1c2c([nH]c(N)c2/C=C(\N)c2ccccc2O)CCN1c1ncc(N2CCN(C3CC4(C3)CN(C(=O)OC(C)(C)C)C4)CC2)cn1. The van der Waals surface area contributed by atoms with E-state index in [1.807, 2.05) is 50.2 Å². The lowest BCUT2D eigenvalue weighted by Crippen LogP contribution is -2.69. The average molecular weight is 642 g/mol. The van der Waals surface area contributed by atoms with Gasteiger partial charge in [0.05, 0.1) is 24.1 Å². The first-order valence-electron chi connectivity index (χ1n) is 16.7. The van der Waals surface area contributed by atoms with E-state index in [9.17, 15) is 9.90 Å². The third kappa shape index (κ3) is 5.95. The molecule has 1 aliphatic carbocycles. The molecule has 4 aliphatic rings. The van der Waals surface area contributed by atoms with Gasteiger partial charge in [-0.2, -0.15) is 0 Å². The number of nitrogens with zero attached hydrogens (tertiary/aromatic N) is 6. The molecule has 1 spiro atoms. The maximum absolute atomic E-state index is 12.4. The first-order chi connectivity index (χ1) is 22.4. The average Bonchev–Trinajstić information content (AvgIpc) is 3.31. The first-order valence-corrected chi connectivity index (χ1v) is 16.7. The Morgan fingerprint density at radius 2 is 1.77 bits per heavy atom. The topological polar surface area (TPSA) is 153 Å². The van der Waals surface area contributed by atoms with Crippen LogP contribution in [0.25, 0.3) is 11.8 Å². The molecule has 0 bridgehead atoms. The molecule has 1 saturated carbocycles. The molecule has 2 aromatic heterocycles. The number of fused-ring (bicyclic) bond motifs is 1. The van der Waals surface area contributed by atoms with Gasteiger partial charge in [0.15, 0.2) is 0 Å². The van der Waals surface area contributed by atoms with Crippen molar-refractivity contribution in [1.82, 2.24) is 24.8 Å². The number of H-pyrrole nitrogens is 1. The zero-order valence-corrected chi connectivity index (χ0v) is 27.9. The van der Waals surface area contributed by atoms with Gasteiger partial charge in [0, 0.05) is 91.8 Å². The van der Waals surface area contributed by atoms with E-state index in [4.69, 9.17) is 26.2 Å². The minimum Gasteiger partial charge on any atom is -0.507 e. The highest BCUT2D eigenvalue weighted by molar-refractivity contribution is 5.86. The fourth-order valence-corrected chi connectivity index (χ4v) is 7.89. The molecule has 3 aromatic rings. The molecule has 1 aromatic carbocycles. The summed E-state index contributed by atoms with van der Waals surface area (Å²) < 4.78 is 5.54. The quantitative estimate of drug-likeness (QED) is 0.319. The minimum absolute atomic E-state index is 0.0252. The number of para-hydroxylation sites is 1. The van der Waals surface area contributed by atoms with Crippen LogP contribution in [0.4, 0.5) is 22.2 Å². The van der Waals surface area contributed by atoms with Crippen molar-refractivity contribution in [3.63, 3.8) is 0 Å². The second kappa shape index (κ2) is 11.7. The van der Waals surface area contributed by atoms with Gasteiger partial charge in [0.1, 0.15) is 17.2 Å². The van der Waals surface area contributed by atoms with Crippen LogP contribution in [0.1, 0.15) is 69.0 Å². The largest absolute Gasteiger partial charge is 0.507 e. The number of piperazine rings is 1. The van der Waals surface area contributed by atoms with Crippen molar-refractivity contribution < 1.29 is 14.6 Å². The lowest BCUT2D eigenvalue weighted by molar-refractivity contribution is -0.108. The van der Waals surface area contributed by atoms with Crippen molar-refractivity contribution in [3.05, 3.63) is 59.0 Å². The number of anilines is 3. The van der Waals surface area contributed by atoms with Crippen LogP contribution < -0.4 is 21.3 Å². The zero-order chi connectivity index (χ0) is 33.1. The van der Waals surface area contributed by atoms with E-state index in [2.05, 4.69) is 26.6 Å². The van der Waals surface area contributed by atoms with E-state index < -0.39 is 5.60 Å². The number of amides is 1. The molecule has 0 radical (unpaired) electrons. The number of aromatic hydroxyl groups is 1. The van der Waals surface area contributed by atoms with Gasteiger partial charge >= 0.3 is 6.09 Å². The fourth-order valence-electron chi connectivity index (χ4n) is 7.89. The van der Waals surface area contributed by atoms with Crippen LogP contribution in [0.15, 0.2) is 36.7 Å². The van der Waals surface area contributed by atoms with Crippen molar-refractivity contribution in [2.45, 2.75) is 64.6 Å². The summed E-state index contributed by atoms with van der Waals surface area (Å²) in [5.41, 5.74) is 17.8. The van der Waals surface area contributed by atoms with Crippen LogP contribution in [-0.4, -0.2) is 93.4 Å². The predicted molar refractivity (Wildman–Crippen MR) is 184 cm³/mol. The van der Waals surface area contributed by atoms with E-state index >= 15 is 0 Å². The highest BCUT2D eigenvalue weighted by Crippen LogP contribution is 2.50. The molecule has 7 rings (SSSR count). The summed E-state index contributed by atoms with van der Waals surface area (Å²) in [4.78, 5) is 34.4. The number of aromatic nitrogens is 3. The molecule has 47 heavy (non-hydrogen) atoms. The molecular formula is C35H47N9O3. The van der Waals surface area contributed by atoms with E-state index in [1.165, 1.54) is 0 Å². The van der Waals surface area contributed by atoms with E-state index in [1.54, 1.807) is 18.2 Å². The number of hydrogen-bond donors (Lipinski definition) is 4. The highest BCUT2D eigenvalue weighted by Gasteiger charge is 2.55.